The van der Waals surface area contributed by atoms with Gasteiger partial charge in [-0.2, -0.15) is 0 Å². The van der Waals surface area contributed by atoms with E-state index in [-0.39, 0.29) is 24.5 Å². The highest BCUT2D eigenvalue weighted by atomic mass is 35.5. The molecular weight excluding hydrogens is 256 g/mol. The summed E-state index contributed by atoms with van der Waals surface area (Å²) in [6, 6.07) is 4.48. The first-order valence-electron chi connectivity index (χ1n) is 5.33. The van der Waals surface area contributed by atoms with Crippen LogP contribution in [0, 0.1) is 0 Å². The molecule has 0 aliphatic rings. The number of hydrogen-bond acceptors (Lipinski definition) is 4. The number of carbonyl (C=O) groups is 2. The van der Waals surface area contributed by atoms with Crippen molar-refractivity contribution in [3.63, 3.8) is 0 Å². The molecule has 0 heterocycles. The first kappa shape index (κ1) is 14.3. The summed E-state index contributed by atoms with van der Waals surface area (Å²) in [5.41, 5.74) is 6.22. The lowest BCUT2D eigenvalue weighted by Gasteiger charge is -2.10. The SMILES string of the molecule is CN(C)C(=O)CCOC(=O)c1cc(N)cc(Cl)c1. The summed E-state index contributed by atoms with van der Waals surface area (Å²) in [6.45, 7) is 0.0300. The van der Waals surface area contributed by atoms with Gasteiger partial charge >= 0.3 is 5.97 Å². The van der Waals surface area contributed by atoms with Crippen LogP contribution < -0.4 is 5.73 Å². The fourth-order valence-corrected chi connectivity index (χ4v) is 1.51. The lowest BCUT2D eigenvalue weighted by Crippen LogP contribution is -2.23. The maximum absolute atomic E-state index is 11.6. The summed E-state index contributed by atoms with van der Waals surface area (Å²) >= 11 is 5.77. The van der Waals surface area contributed by atoms with Gasteiger partial charge < -0.3 is 15.4 Å². The van der Waals surface area contributed by atoms with E-state index in [1.807, 2.05) is 0 Å². The van der Waals surface area contributed by atoms with Crippen molar-refractivity contribution in [2.24, 2.45) is 0 Å². The number of halogens is 1. The highest BCUT2D eigenvalue weighted by Crippen LogP contribution is 2.17. The molecule has 0 fully saturated rings. The number of anilines is 1. The molecule has 1 amide bonds. The topological polar surface area (TPSA) is 72.6 Å². The third-order valence-electron chi connectivity index (χ3n) is 2.20. The molecule has 1 aromatic carbocycles. The Labute approximate surface area is 110 Å². The van der Waals surface area contributed by atoms with E-state index in [2.05, 4.69) is 0 Å². The van der Waals surface area contributed by atoms with Gasteiger partial charge in [-0.15, -0.1) is 0 Å². The molecule has 0 saturated heterocycles. The number of nitrogens with two attached hydrogens (primary N) is 1. The molecular formula is C12H15ClN2O3. The van der Waals surface area contributed by atoms with E-state index in [1.165, 1.54) is 23.1 Å². The Balaban J connectivity index is 2.53. The summed E-state index contributed by atoms with van der Waals surface area (Å²) in [7, 11) is 3.28. The molecule has 0 aromatic heterocycles. The predicted molar refractivity (Wildman–Crippen MR) is 69.5 cm³/mol. The van der Waals surface area contributed by atoms with Crippen molar-refractivity contribution in [1.82, 2.24) is 4.90 Å². The normalized spacial score (nSPS) is 9.94. The van der Waals surface area contributed by atoms with Gasteiger partial charge in [0.1, 0.15) is 6.61 Å². The zero-order valence-electron chi connectivity index (χ0n) is 10.3. The van der Waals surface area contributed by atoms with Crippen LogP contribution in [0.3, 0.4) is 0 Å². The lowest BCUT2D eigenvalue weighted by molar-refractivity contribution is -0.129. The van der Waals surface area contributed by atoms with Gasteiger partial charge in [0.25, 0.3) is 0 Å². The summed E-state index contributed by atoms with van der Waals surface area (Å²) in [5.74, 6) is -0.649. The molecule has 0 atom stereocenters. The van der Waals surface area contributed by atoms with Crippen LogP contribution in [0.2, 0.25) is 5.02 Å². The Hall–Kier alpha value is -1.75. The number of benzene rings is 1. The number of amides is 1. The van der Waals surface area contributed by atoms with E-state index in [9.17, 15) is 9.59 Å². The second kappa shape index (κ2) is 6.26. The smallest absolute Gasteiger partial charge is 0.338 e. The minimum atomic E-state index is -0.546. The Morgan fingerprint density at radius 1 is 1.33 bits per heavy atom. The van der Waals surface area contributed by atoms with Gasteiger partial charge in [-0.3, -0.25) is 4.79 Å². The fraction of sp³-hybridized carbons (Fsp3) is 0.333. The average Bonchev–Trinajstić information content (AvgIpc) is 2.27. The van der Waals surface area contributed by atoms with Gasteiger partial charge in [-0.05, 0) is 18.2 Å². The van der Waals surface area contributed by atoms with Crippen LogP contribution in [0.5, 0.6) is 0 Å². The largest absolute Gasteiger partial charge is 0.462 e. The first-order valence-corrected chi connectivity index (χ1v) is 5.71. The van der Waals surface area contributed by atoms with Crippen molar-refractivity contribution >= 4 is 29.2 Å². The fourth-order valence-electron chi connectivity index (χ4n) is 1.27. The second-order valence-corrected chi connectivity index (χ2v) is 4.38. The number of nitrogen functional groups attached to an aromatic ring is 1. The van der Waals surface area contributed by atoms with Gasteiger partial charge in [0.15, 0.2) is 0 Å². The monoisotopic (exact) mass is 270 g/mol. The maximum Gasteiger partial charge on any atom is 0.338 e. The van der Waals surface area contributed by atoms with Crippen molar-refractivity contribution in [3.05, 3.63) is 28.8 Å². The number of nitrogens with zero attached hydrogens (tertiary/aromatic N) is 1. The van der Waals surface area contributed by atoms with Gasteiger partial charge in [0, 0.05) is 24.8 Å². The third kappa shape index (κ3) is 4.25. The highest BCUT2D eigenvalue weighted by Gasteiger charge is 2.10. The molecule has 5 nitrogen and oxygen atoms in total. The molecule has 0 aliphatic carbocycles. The third-order valence-corrected chi connectivity index (χ3v) is 2.42. The Morgan fingerprint density at radius 2 is 2.00 bits per heavy atom. The second-order valence-electron chi connectivity index (χ2n) is 3.95. The zero-order chi connectivity index (χ0) is 13.7. The summed E-state index contributed by atoms with van der Waals surface area (Å²) in [6.07, 6.45) is 0.148. The number of rotatable bonds is 4. The molecule has 0 bridgehead atoms. The van der Waals surface area contributed by atoms with Crippen molar-refractivity contribution in [2.75, 3.05) is 26.4 Å². The van der Waals surface area contributed by atoms with E-state index in [4.69, 9.17) is 22.1 Å². The van der Waals surface area contributed by atoms with E-state index in [0.29, 0.717) is 10.7 Å². The van der Waals surface area contributed by atoms with Crippen LogP contribution in [0.4, 0.5) is 5.69 Å². The van der Waals surface area contributed by atoms with Crippen LogP contribution in [-0.4, -0.2) is 37.5 Å². The van der Waals surface area contributed by atoms with E-state index in [0.717, 1.165) is 0 Å². The minimum Gasteiger partial charge on any atom is -0.462 e. The number of ether oxygens (including phenoxy) is 1. The molecule has 0 saturated carbocycles. The molecule has 0 aliphatic heterocycles. The predicted octanol–water partition coefficient (Wildman–Crippen LogP) is 1.56. The van der Waals surface area contributed by atoms with E-state index >= 15 is 0 Å². The van der Waals surface area contributed by atoms with Crippen molar-refractivity contribution in [2.45, 2.75) is 6.42 Å². The molecule has 0 radical (unpaired) electrons. The molecule has 1 rings (SSSR count). The first-order chi connectivity index (χ1) is 8.40. The van der Waals surface area contributed by atoms with E-state index in [1.54, 1.807) is 14.1 Å². The van der Waals surface area contributed by atoms with Crippen LogP contribution in [0.25, 0.3) is 0 Å². The maximum atomic E-state index is 11.6. The highest BCUT2D eigenvalue weighted by molar-refractivity contribution is 6.31. The van der Waals surface area contributed by atoms with Crippen LogP contribution >= 0.6 is 11.6 Å². The zero-order valence-corrected chi connectivity index (χ0v) is 11.0. The Kier molecular flexibility index (Phi) is 4.97. The van der Waals surface area contributed by atoms with Crippen molar-refractivity contribution in [3.8, 4) is 0 Å². The van der Waals surface area contributed by atoms with Crippen LogP contribution in [-0.2, 0) is 9.53 Å². The van der Waals surface area contributed by atoms with Crippen molar-refractivity contribution < 1.29 is 14.3 Å². The van der Waals surface area contributed by atoms with E-state index < -0.39 is 5.97 Å². The standard InChI is InChI=1S/C12H15ClN2O3/c1-15(2)11(16)3-4-18-12(17)8-5-9(13)7-10(14)6-8/h5-7H,3-4,14H2,1-2H3. The lowest BCUT2D eigenvalue weighted by atomic mass is 10.2. The number of hydrogen-bond donors (Lipinski definition) is 1. The van der Waals surface area contributed by atoms with Crippen molar-refractivity contribution in [1.29, 1.82) is 0 Å². The molecule has 18 heavy (non-hydrogen) atoms. The summed E-state index contributed by atoms with van der Waals surface area (Å²) in [4.78, 5) is 24.3. The summed E-state index contributed by atoms with van der Waals surface area (Å²) < 4.78 is 4.96. The van der Waals surface area contributed by atoms with Crippen LogP contribution in [0.15, 0.2) is 18.2 Å². The summed E-state index contributed by atoms with van der Waals surface area (Å²) in [5, 5.41) is 0.367. The molecule has 0 unspecified atom stereocenters. The van der Waals surface area contributed by atoms with Gasteiger partial charge in [-0.25, -0.2) is 4.79 Å². The molecule has 98 valence electrons. The number of esters is 1. The molecule has 0 spiro atoms. The Morgan fingerprint density at radius 3 is 2.56 bits per heavy atom. The van der Waals surface area contributed by atoms with Gasteiger partial charge in [-0.1, -0.05) is 11.6 Å². The number of carbonyl (C=O) groups excluding carboxylic acids is 2. The molecule has 6 heteroatoms. The minimum absolute atomic E-state index is 0.0300. The average molecular weight is 271 g/mol. The molecule has 1 aromatic rings. The quantitative estimate of drug-likeness (QED) is 0.666. The van der Waals surface area contributed by atoms with Gasteiger partial charge in [0.05, 0.1) is 12.0 Å². The molecule has 2 N–H and O–H groups in total. The van der Waals surface area contributed by atoms with Crippen LogP contribution in [0.1, 0.15) is 16.8 Å². The van der Waals surface area contributed by atoms with Gasteiger partial charge in [0.2, 0.25) is 5.91 Å². The Bertz CT molecular complexity index is 440.